The standard InChI is InChI=1S/C8H12O3/c1-6(9)5-8(2)3-4-11-7(8)10/h3-5H2,1-2H3/t8-/m0/s1. The lowest BCUT2D eigenvalue weighted by atomic mass is 9.84. The first-order valence-corrected chi connectivity index (χ1v) is 3.71. The van der Waals surface area contributed by atoms with Gasteiger partial charge in [-0.15, -0.1) is 0 Å². The number of ether oxygens (including phenoxy) is 1. The third kappa shape index (κ3) is 1.59. The third-order valence-corrected chi connectivity index (χ3v) is 2.02. The molecule has 0 aromatic carbocycles. The molecule has 0 bridgehead atoms. The largest absolute Gasteiger partial charge is 0.465 e. The summed E-state index contributed by atoms with van der Waals surface area (Å²) in [6, 6.07) is 0. The molecule has 3 heteroatoms. The minimum absolute atomic E-state index is 0.0475. The molecule has 0 amide bonds. The maximum Gasteiger partial charge on any atom is 0.312 e. The lowest BCUT2D eigenvalue weighted by Gasteiger charge is -2.15. The smallest absolute Gasteiger partial charge is 0.312 e. The maximum atomic E-state index is 11.1. The van der Waals surface area contributed by atoms with Gasteiger partial charge in [-0.1, -0.05) is 0 Å². The van der Waals surface area contributed by atoms with Gasteiger partial charge in [0.2, 0.25) is 0 Å². The van der Waals surface area contributed by atoms with Crippen molar-refractivity contribution in [1.29, 1.82) is 0 Å². The predicted molar refractivity (Wildman–Crippen MR) is 39.0 cm³/mol. The van der Waals surface area contributed by atoms with Gasteiger partial charge in [0, 0.05) is 6.42 Å². The third-order valence-electron chi connectivity index (χ3n) is 2.02. The van der Waals surface area contributed by atoms with E-state index in [-0.39, 0.29) is 11.8 Å². The zero-order valence-electron chi connectivity index (χ0n) is 6.85. The Morgan fingerprint density at radius 3 is 2.73 bits per heavy atom. The van der Waals surface area contributed by atoms with Gasteiger partial charge >= 0.3 is 5.97 Å². The fourth-order valence-electron chi connectivity index (χ4n) is 1.36. The van der Waals surface area contributed by atoms with Gasteiger partial charge in [0.15, 0.2) is 0 Å². The second-order valence-electron chi connectivity index (χ2n) is 3.33. The quantitative estimate of drug-likeness (QED) is 0.558. The lowest BCUT2D eigenvalue weighted by Crippen LogP contribution is -2.24. The summed E-state index contributed by atoms with van der Waals surface area (Å²) in [5, 5.41) is 0. The maximum absolute atomic E-state index is 11.1. The van der Waals surface area contributed by atoms with Crippen LogP contribution >= 0.6 is 0 Å². The Kier molecular flexibility index (Phi) is 1.98. The minimum Gasteiger partial charge on any atom is -0.465 e. The van der Waals surface area contributed by atoms with Crippen molar-refractivity contribution < 1.29 is 14.3 Å². The van der Waals surface area contributed by atoms with Crippen LogP contribution in [-0.2, 0) is 14.3 Å². The summed E-state index contributed by atoms with van der Waals surface area (Å²) < 4.78 is 4.78. The van der Waals surface area contributed by atoms with E-state index in [2.05, 4.69) is 0 Å². The van der Waals surface area contributed by atoms with Gasteiger partial charge < -0.3 is 4.74 Å². The van der Waals surface area contributed by atoms with Crippen LogP contribution in [0.2, 0.25) is 0 Å². The van der Waals surface area contributed by atoms with Gasteiger partial charge in [-0.2, -0.15) is 0 Å². The second kappa shape index (κ2) is 2.64. The van der Waals surface area contributed by atoms with E-state index in [1.54, 1.807) is 6.92 Å². The number of ketones is 1. The van der Waals surface area contributed by atoms with Crippen molar-refractivity contribution in [2.24, 2.45) is 5.41 Å². The number of hydrogen-bond acceptors (Lipinski definition) is 3. The van der Waals surface area contributed by atoms with E-state index in [0.717, 1.165) is 0 Å². The fourth-order valence-corrected chi connectivity index (χ4v) is 1.36. The highest BCUT2D eigenvalue weighted by atomic mass is 16.5. The molecule has 0 aromatic rings. The van der Waals surface area contributed by atoms with Crippen LogP contribution in [0.4, 0.5) is 0 Å². The monoisotopic (exact) mass is 156 g/mol. The highest BCUT2D eigenvalue weighted by molar-refractivity contribution is 5.86. The van der Waals surface area contributed by atoms with Crippen LogP contribution in [0.25, 0.3) is 0 Å². The molecule has 11 heavy (non-hydrogen) atoms. The molecule has 1 atom stereocenters. The average Bonchev–Trinajstić information content (AvgIpc) is 2.11. The number of hydrogen-bond donors (Lipinski definition) is 0. The predicted octanol–water partition coefficient (Wildman–Crippen LogP) is 0.919. The van der Waals surface area contributed by atoms with Crippen LogP contribution in [-0.4, -0.2) is 18.4 Å². The second-order valence-corrected chi connectivity index (χ2v) is 3.33. The van der Waals surface area contributed by atoms with Crippen molar-refractivity contribution >= 4 is 11.8 Å². The zero-order chi connectivity index (χ0) is 8.48. The Balaban J connectivity index is 2.65. The molecule has 0 N–H and O–H groups in total. The molecule has 1 heterocycles. The molecule has 0 radical (unpaired) electrons. The summed E-state index contributed by atoms with van der Waals surface area (Å²) in [4.78, 5) is 21.8. The highest BCUT2D eigenvalue weighted by Crippen LogP contribution is 2.32. The van der Waals surface area contributed by atoms with Crippen molar-refractivity contribution in [2.75, 3.05) is 6.61 Å². The molecule has 0 saturated carbocycles. The Hall–Kier alpha value is -0.860. The molecule has 0 unspecified atom stereocenters. The Bertz CT molecular complexity index is 198. The average molecular weight is 156 g/mol. The number of cyclic esters (lactones) is 1. The summed E-state index contributed by atoms with van der Waals surface area (Å²) in [5.74, 6) is -0.181. The van der Waals surface area contributed by atoms with Crippen molar-refractivity contribution in [3.05, 3.63) is 0 Å². The number of esters is 1. The molecular formula is C8H12O3. The first-order valence-electron chi connectivity index (χ1n) is 3.71. The van der Waals surface area contributed by atoms with Crippen molar-refractivity contribution in [3.63, 3.8) is 0 Å². The normalized spacial score (nSPS) is 30.2. The Labute approximate surface area is 65.7 Å². The topological polar surface area (TPSA) is 43.4 Å². The number of carbonyl (C=O) groups is 2. The number of carbonyl (C=O) groups excluding carboxylic acids is 2. The molecule has 1 saturated heterocycles. The molecule has 0 aliphatic carbocycles. The van der Waals surface area contributed by atoms with E-state index < -0.39 is 5.41 Å². The van der Waals surface area contributed by atoms with Crippen LogP contribution in [0.5, 0.6) is 0 Å². The summed E-state index contributed by atoms with van der Waals surface area (Å²) in [6.07, 6.45) is 0.983. The highest BCUT2D eigenvalue weighted by Gasteiger charge is 2.40. The molecule has 1 aliphatic rings. The van der Waals surface area contributed by atoms with Crippen LogP contribution in [0.15, 0.2) is 0 Å². The lowest BCUT2D eigenvalue weighted by molar-refractivity contribution is -0.147. The zero-order valence-corrected chi connectivity index (χ0v) is 6.85. The SMILES string of the molecule is CC(=O)C[C@]1(C)CCOC1=O. The summed E-state index contributed by atoms with van der Waals surface area (Å²) in [7, 11) is 0. The number of Topliss-reactive ketones (excluding diaryl/α,β-unsaturated/α-hetero) is 1. The van der Waals surface area contributed by atoms with E-state index in [1.807, 2.05) is 0 Å². The molecule has 0 spiro atoms. The van der Waals surface area contributed by atoms with Crippen LogP contribution < -0.4 is 0 Å². The minimum atomic E-state index is -0.536. The molecule has 0 aromatic heterocycles. The first kappa shape index (κ1) is 8.24. The van der Waals surface area contributed by atoms with E-state index in [0.29, 0.717) is 19.4 Å². The Morgan fingerprint density at radius 2 is 2.36 bits per heavy atom. The van der Waals surface area contributed by atoms with E-state index in [1.165, 1.54) is 6.92 Å². The van der Waals surface area contributed by atoms with Crippen LogP contribution in [0, 0.1) is 5.41 Å². The summed E-state index contributed by atoms with van der Waals surface area (Å²) in [6.45, 7) is 3.74. The molecule has 1 fully saturated rings. The van der Waals surface area contributed by atoms with Crippen molar-refractivity contribution in [1.82, 2.24) is 0 Å². The molecule has 3 nitrogen and oxygen atoms in total. The molecule has 62 valence electrons. The van der Waals surface area contributed by atoms with E-state index in [4.69, 9.17) is 4.74 Å². The molecular weight excluding hydrogens is 144 g/mol. The van der Waals surface area contributed by atoms with Crippen LogP contribution in [0.3, 0.4) is 0 Å². The van der Waals surface area contributed by atoms with Gasteiger partial charge in [-0.05, 0) is 20.3 Å². The summed E-state index contributed by atoms with van der Waals surface area (Å²) >= 11 is 0. The van der Waals surface area contributed by atoms with Gasteiger partial charge in [0.05, 0.1) is 12.0 Å². The van der Waals surface area contributed by atoms with Crippen molar-refractivity contribution in [2.45, 2.75) is 26.7 Å². The van der Waals surface area contributed by atoms with Crippen molar-refractivity contribution in [3.8, 4) is 0 Å². The summed E-state index contributed by atoms with van der Waals surface area (Å²) in [5.41, 5.74) is -0.536. The van der Waals surface area contributed by atoms with Crippen LogP contribution in [0.1, 0.15) is 26.7 Å². The van der Waals surface area contributed by atoms with Gasteiger partial charge in [-0.25, -0.2) is 0 Å². The van der Waals surface area contributed by atoms with E-state index >= 15 is 0 Å². The van der Waals surface area contributed by atoms with Gasteiger partial charge in [0.1, 0.15) is 5.78 Å². The van der Waals surface area contributed by atoms with Gasteiger partial charge in [0.25, 0.3) is 0 Å². The Morgan fingerprint density at radius 1 is 1.73 bits per heavy atom. The molecule has 1 rings (SSSR count). The molecule has 1 aliphatic heterocycles. The first-order chi connectivity index (χ1) is 5.04. The fraction of sp³-hybridized carbons (Fsp3) is 0.750. The number of rotatable bonds is 2. The van der Waals surface area contributed by atoms with E-state index in [9.17, 15) is 9.59 Å². The van der Waals surface area contributed by atoms with Gasteiger partial charge in [-0.3, -0.25) is 9.59 Å².